The van der Waals surface area contributed by atoms with Gasteiger partial charge in [-0.2, -0.15) is 18.2 Å². The van der Waals surface area contributed by atoms with Crippen molar-refractivity contribution in [1.29, 1.82) is 0 Å². The Labute approximate surface area is 339 Å². The topological polar surface area (TPSA) is 333 Å². The van der Waals surface area contributed by atoms with Gasteiger partial charge in [-0.05, 0) is 12.8 Å². The van der Waals surface area contributed by atoms with Gasteiger partial charge in [0.1, 0.15) is 48.5 Å². The molecule has 59 heavy (non-hydrogen) atoms. The van der Waals surface area contributed by atoms with Crippen LogP contribution in [-0.4, -0.2) is 131 Å². The number of aromatic amines is 1. The van der Waals surface area contributed by atoms with Gasteiger partial charge in [0.05, 0.1) is 32.7 Å². The third-order valence-corrected chi connectivity index (χ3v) is 15.1. The minimum Gasteiger partial charge on any atom is -0.387 e. The lowest BCUT2D eigenvalue weighted by Gasteiger charge is -2.27. The maximum absolute atomic E-state index is 13.3. The van der Waals surface area contributed by atoms with Crippen molar-refractivity contribution in [2.75, 3.05) is 45.1 Å². The van der Waals surface area contributed by atoms with Crippen molar-refractivity contribution in [2.24, 2.45) is 7.05 Å². The minimum absolute atomic E-state index is 0.0767. The Hall–Kier alpha value is -2.94. The highest BCUT2D eigenvalue weighted by molar-refractivity contribution is 8.45. The zero-order chi connectivity index (χ0) is 42.6. The molecule has 26 nitrogen and oxygen atoms in total. The fourth-order valence-electron chi connectivity index (χ4n) is 7.18. The molecule has 0 radical (unpaired) electrons. The molecule has 0 spiro atoms. The summed E-state index contributed by atoms with van der Waals surface area (Å²) in [5, 5.41) is 21.6. The number of aromatic nitrogens is 8. The number of anilines is 2. The largest absolute Gasteiger partial charge is 0.488 e. The molecule has 4 aromatic heterocycles. The molecule has 2 aliphatic heterocycles. The Morgan fingerprint density at radius 2 is 1.66 bits per heavy atom. The van der Waals surface area contributed by atoms with Crippen LogP contribution in [0, 0.1) is 0 Å². The number of nitrogens with two attached hydrogens (primary N) is 1. The molecule has 3 aliphatic rings. The van der Waals surface area contributed by atoms with Gasteiger partial charge in [0.25, 0.3) is 11.2 Å². The summed E-state index contributed by atoms with van der Waals surface area (Å²) < 4.78 is 86.5. The van der Waals surface area contributed by atoms with Crippen LogP contribution in [0.1, 0.15) is 38.1 Å². The SMILES string of the molecule is CO[C@H]1C(OC2CCCC2)[C@@H](COP(=O)(S)OP(=O)(O)OP(=O)(O)OC[C@H]2O[C@@H](n3c[n+](C)c4c(=O)[nH]c(N(C)C)nc43)[C@@H](O)C2O)O[C@H]1n1cnc2c(N)ncnc21. The second-order valence-corrected chi connectivity index (χ2v) is 20.3. The number of phosphoric ester groups is 1. The number of fused-ring (bicyclic) bond motifs is 2. The Kier molecular flexibility index (Phi) is 12.8. The molecule has 4 aromatic rings. The molecule has 30 heteroatoms. The molecule has 1 aliphatic carbocycles. The Balaban J connectivity index is 0.988. The van der Waals surface area contributed by atoms with Gasteiger partial charge in [0.2, 0.25) is 18.5 Å². The number of imidazole rings is 2. The summed E-state index contributed by atoms with van der Waals surface area (Å²) in [7, 11) is -5.08. The molecular formula is C29H44N10O16P3S+. The smallest absolute Gasteiger partial charge is 0.387 e. The summed E-state index contributed by atoms with van der Waals surface area (Å²) in [5.74, 6) is 0.310. The van der Waals surface area contributed by atoms with E-state index >= 15 is 0 Å². The number of rotatable bonds is 16. The molecule has 2 saturated heterocycles. The summed E-state index contributed by atoms with van der Waals surface area (Å²) in [4.78, 5) is 54.5. The van der Waals surface area contributed by atoms with Crippen molar-refractivity contribution in [3.63, 3.8) is 0 Å². The van der Waals surface area contributed by atoms with Crippen LogP contribution in [0.15, 0.2) is 23.8 Å². The summed E-state index contributed by atoms with van der Waals surface area (Å²) in [6, 6.07) is 0. The van der Waals surface area contributed by atoms with E-state index in [0.717, 1.165) is 25.7 Å². The van der Waals surface area contributed by atoms with Gasteiger partial charge in [0.15, 0.2) is 17.7 Å². The van der Waals surface area contributed by atoms with Crippen molar-refractivity contribution in [3.8, 4) is 0 Å². The number of H-pyrrole nitrogens is 1. The Morgan fingerprint density at radius 1 is 0.966 bits per heavy atom. The lowest BCUT2D eigenvalue weighted by atomic mass is 10.1. The van der Waals surface area contributed by atoms with Crippen LogP contribution in [0.2, 0.25) is 0 Å². The number of methoxy groups -OCH3 is 1. The number of nitrogens with one attached hydrogen (secondary N) is 1. The first-order valence-corrected chi connectivity index (χ1v) is 23.6. The van der Waals surface area contributed by atoms with Gasteiger partial charge in [-0.25, -0.2) is 33.2 Å². The van der Waals surface area contributed by atoms with Crippen LogP contribution in [0.4, 0.5) is 11.8 Å². The Bertz CT molecular complexity index is 2380. The molecule has 7 N–H and O–H groups in total. The highest BCUT2D eigenvalue weighted by atomic mass is 32.7. The number of hydrogen-bond acceptors (Lipinski definition) is 20. The third-order valence-electron chi connectivity index (χ3n) is 9.88. The molecule has 0 amide bonds. The van der Waals surface area contributed by atoms with Gasteiger partial charge < -0.3 is 49.6 Å². The summed E-state index contributed by atoms with van der Waals surface area (Å²) in [6.07, 6.45) is -2.63. The van der Waals surface area contributed by atoms with E-state index < -0.39 is 90.3 Å². The second kappa shape index (κ2) is 17.1. The Morgan fingerprint density at radius 3 is 2.36 bits per heavy atom. The number of aliphatic hydroxyl groups excluding tert-OH is 2. The maximum atomic E-state index is 13.3. The number of nitrogens with zero attached hydrogens (tertiary/aromatic N) is 8. The molecule has 6 heterocycles. The van der Waals surface area contributed by atoms with E-state index in [1.807, 2.05) is 0 Å². The van der Waals surface area contributed by atoms with Crippen molar-refractivity contribution >= 4 is 68.8 Å². The van der Waals surface area contributed by atoms with E-state index in [0.29, 0.717) is 11.2 Å². The molecule has 326 valence electrons. The highest BCUT2D eigenvalue weighted by Gasteiger charge is 2.51. The second-order valence-electron chi connectivity index (χ2n) is 14.2. The number of thiol groups is 1. The minimum atomic E-state index is -5.77. The normalized spacial score (nSPS) is 29.6. The van der Waals surface area contributed by atoms with Crippen molar-refractivity contribution in [2.45, 2.75) is 80.9 Å². The monoisotopic (exact) mass is 913 g/mol. The van der Waals surface area contributed by atoms with Crippen LogP contribution in [0.3, 0.4) is 0 Å². The van der Waals surface area contributed by atoms with Crippen LogP contribution in [-0.2, 0) is 57.4 Å². The predicted molar refractivity (Wildman–Crippen MR) is 204 cm³/mol. The standard InChI is InChI=1S/C29H43N10O16P3S/c1-36(2)29-34-25-18(26(42)35-29)37(3)13-39(25)27-20(41)19(40)15(52-27)9-49-56(43,44)54-57(45,46)55-58(47,59)50-10-16-21(51-14-7-5-6-8-14)22(48-4)28(53-16)38-12-33-17-23(30)31-11-32-24(17)38/h11-16,19-22,27-28,40-41H,5-10H2,1-4H3,(H5-,30,31,32,34,35,42,43,44,45,46,47,59)/p+1/t15-,16-,19?,20+,21?,22+,27-,28-,58?/m1/s1. The summed E-state index contributed by atoms with van der Waals surface area (Å²) in [6.45, 7) is -6.49. The van der Waals surface area contributed by atoms with E-state index in [9.17, 15) is 38.5 Å². The van der Waals surface area contributed by atoms with Gasteiger partial charge in [-0.1, -0.05) is 25.1 Å². The average Bonchev–Trinajstić information content (AvgIpc) is 3.98. The first-order valence-electron chi connectivity index (χ1n) is 17.9. The predicted octanol–water partition coefficient (Wildman–Crippen LogP) is 0.202. The van der Waals surface area contributed by atoms with E-state index in [-0.39, 0.29) is 29.0 Å². The summed E-state index contributed by atoms with van der Waals surface area (Å²) >= 11 is 3.78. The van der Waals surface area contributed by atoms with Crippen LogP contribution >= 0.6 is 34.7 Å². The van der Waals surface area contributed by atoms with Crippen LogP contribution in [0.25, 0.3) is 22.3 Å². The molecule has 5 unspecified atom stereocenters. The fraction of sp³-hybridized carbons (Fsp3) is 0.655. The molecule has 0 bridgehead atoms. The molecule has 3 fully saturated rings. The first-order chi connectivity index (χ1) is 27.8. The molecular weight excluding hydrogens is 869 g/mol. The molecule has 11 atom stereocenters. The third kappa shape index (κ3) is 9.31. The number of nitrogen functional groups attached to an aromatic ring is 1. The lowest BCUT2D eigenvalue weighted by Crippen LogP contribution is -2.40. The number of phosphoric acid groups is 2. The number of aryl methyl sites for hydroxylation is 1. The first kappa shape index (κ1) is 44.1. The number of aliphatic hydroxyl groups is 2. The van der Waals surface area contributed by atoms with Gasteiger partial charge in [-0.15, -0.1) is 0 Å². The molecule has 7 rings (SSSR count). The maximum Gasteiger partial charge on any atom is 0.488 e. The molecule has 0 aromatic carbocycles. The van der Waals surface area contributed by atoms with E-state index in [1.54, 1.807) is 25.7 Å². The quantitative estimate of drug-likeness (QED) is 0.0448. The van der Waals surface area contributed by atoms with Crippen LogP contribution < -0.4 is 20.8 Å². The highest BCUT2D eigenvalue weighted by Crippen LogP contribution is 2.70. The van der Waals surface area contributed by atoms with Crippen LogP contribution in [0.5, 0.6) is 0 Å². The van der Waals surface area contributed by atoms with Crippen molar-refractivity contribution < 1.29 is 74.9 Å². The fourth-order valence-corrected chi connectivity index (χ4v) is 11.7. The van der Waals surface area contributed by atoms with E-state index in [4.69, 9.17) is 33.7 Å². The van der Waals surface area contributed by atoms with E-state index in [2.05, 4.69) is 45.8 Å². The number of ether oxygens (including phenoxy) is 4. The number of hydrogen-bond donors (Lipinski definition) is 7. The van der Waals surface area contributed by atoms with Gasteiger partial charge in [0, 0.05) is 21.2 Å². The zero-order valence-corrected chi connectivity index (χ0v) is 35.4. The van der Waals surface area contributed by atoms with Gasteiger partial charge in [-0.3, -0.25) is 23.4 Å². The van der Waals surface area contributed by atoms with Crippen molar-refractivity contribution in [1.82, 2.24) is 34.1 Å². The average molecular weight is 914 g/mol. The lowest BCUT2D eigenvalue weighted by molar-refractivity contribution is -0.646. The van der Waals surface area contributed by atoms with Crippen molar-refractivity contribution in [3.05, 3.63) is 29.3 Å². The zero-order valence-electron chi connectivity index (χ0n) is 31.8. The van der Waals surface area contributed by atoms with Gasteiger partial charge >= 0.3 is 28.0 Å². The van der Waals surface area contributed by atoms with E-state index in [1.165, 1.54) is 40.1 Å². The summed E-state index contributed by atoms with van der Waals surface area (Å²) in [5.41, 5.74) is 6.28. The molecule has 1 saturated carbocycles.